The molecule has 0 saturated heterocycles. The molecule has 0 bridgehead atoms. The van der Waals surface area contributed by atoms with E-state index in [2.05, 4.69) is 42.4 Å². The average molecular weight is 345 g/mol. The number of hydrogen-bond acceptors (Lipinski definition) is 5. The van der Waals surface area contributed by atoms with Gasteiger partial charge in [-0.3, -0.25) is 0 Å². The van der Waals surface area contributed by atoms with Gasteiger partial charge < -0.3 is 9.57 Å². The Balaban J connectivity index is 2.05. The van der Waals surface area contributed by atoms with Crippen LogP contribution in [-0.4, -0.2) is 24.4 Å². The van der Waals surface area contributed by atoms with Gasteiger partial charge in [-0.1, -0.05) is 36.3 Å². The number of thiophene rings is 1. The Morgan fingerprint density at radius 3 is 2.50 bits per heavy atom. The number of aryl methyl sites for hydroxylation is 1. The Labute approximate surface area is 147 Å². The first kappa shape index (κ1) is 18.2. The summed E-state index contributed by atoms with van der Waals surface area (Å²) in [6.07, 6.45) is 0.332. The van der Waals surface area contributed by atoms with Gasteiger partial charge >= 0.3 is 5.97 Å². The van der Waals surface area contributed by atoms with Crippen molar-refractivity contribution >= 4 is 23.0 Å². The zero-order valence-corrected chi connectivity index (χ0v) is 15.4. The summed E-state index contributed by atoms with van der Waals surface area (Å²) in [5.41, 5.74) is 3.26. The normalized spacial score (nSPS) is 12.8. The molecule has 0 aliphatic carbocycles. The second kappa shape index (κ2) is 8.64. The molecule has 0 aliphatic rings. The molecular weight excluding hydrogens is 322 g/mol. The highest BCUT2D eigenvalue weighted by Crippen LogP contribution is 2.29. The highest BCUT2D eigenvalue weighted by molar-refractivity contribution is 7.17. The first-order valence-corrected chi connectivity index (χ1v) is 8.93. The fourth-order valence-electron chi connectivity index (χ4n) is 2.10. The number of benzene rings is 1. The number of carbonyl (C=O) groups is 1. The molecule has 1 aromatic heterocycles. The third kappa shape index (κ3) is 4.68. The van der Waals surface area contributed by atoms with Gasteiger partial charge in [-0.25, -0.2) is 4.79 Å². The second-order valence-electron chi connectivity index (χ2n) is 5.39. The maximum absolute atomic E-state index is 11.5. The minimum Gasteiger partial charge on any atom is -0.463 e. The Hall–Kier alpha value is -2.14. The van der Waals surface area contributed by atoms with Gasteiger partial charge in [0.05, 0.1) is 17.2 Å². The molecule has 4 nitrogen and oxygen atoms in total. The van der Waals surface area contributed by atoms with Crippen molar-refractivity contribution in [3.05, 3.63) is 46.8 Å². The summed E-state index contributed by atoms with van der Waals surface area (Å²) in [6, 6.07) is 12.7. The van der Waals surface area contributed by atoms with E-state index in [1.54, 1.807) is 25.2 Å². The first-order chi connectivity index (χ1) is 11.5. The summed E-state index contributed by atoms with van der Waals surface area (Å²) in [5.74, 6) is -0.406. The molecule has 2 rings (SSSR count). The van der Waals surface area contributed by atoms with Crippen molar-refractivity contribution in [2.75, 3.05) is 6.61 Å². The maximum Gasteiger partial charge on any atom is 0.349 e. The molecular formula is C19H23NO3S. The lowest BCUT2D eigenvalue weighted by Crippen LogP contribution is -2.21. The van der Waals surface area contributed by atoms with Gasteiger partial charge in [-0.2, -0.15) is 0 Å². The van der Waals surface area contributed by atoms with E-state index in [0.717, 1.165) is 17.0 Å². The molecule has 0 spiro atoms. The first-order valence-electron chi connectivity index (χ1n) is 8.11. The van der Waals surface area contributed by atoms with Crippen LogP contribution in [0, 0.1) is 0 Å². The monoisotopic (exact) mass is 345 g/mol. The molecule has 0 saturated carbocycles. The van der Waals surface area contributed by atoms with Gasteiger partial charge in [0, 0.05) is 4.88 Å². The summed E-state index contributed by atoms with van der Waals surface area (Å²) in [5, 5.41) is 4.06. The lowest BCUT2D eigenvalue weighted by atomic mass is 10.1. The van der Waals surface area contributed by atoms with E-state index in [0.29, 0.717) is 6.61 Å². The van der Waals surface area contributed by atoms with Gasteiger partial charge in [0.1, 0.15) is 0 Å². The van der Waals surface area contributed by atoms with Crippen molar-refractivity contribution in [2.24, 2.45) is 5.16 Å². The zero-order chi connectivity index (χ0) is 17.5. The SMILES string of the molecule is CCOC(=O)C(C)O/N=C(/C)c1ccc(-c2ccc(CC)cc2)s1. The standard InChI is InChI=1S/C19H23NO3S/c1-5-15-7-9-16(10-8-15)18-12-11-17(24-18)13(3)20-23-14(4)19(21)22-6-2/h7-12,14H,5-6H2,1-4H3/b20-13-. The van der Waals surface area contributed by atoms with Crippen LogP contribution in [0.4, 0.5) is 0 Å². The summed E-state index contributed by atoms with van der Waals surface area (Å²) in [7, 11) is 0. The number of oxime groups is 1. The lowest BCUT2D eigenvalue weighted by Gasteiger charge is -2.08. The predicted octanol–water partition coefficient (Wildman–Crippen LogP) is 4.67. The highest BCUT2D eigenvalue weighted by atomic mass is 32.1. The van der Waals surface area contributed by atoms with Crippen LogP contribution in [-0.2, 0) is 20.8 Å². The Kier molecular flexibility index (Phi) is 6.55. The van der Waals surface area contributed by atoms with E-state index in [9.17, 15) is 4.79 Å². The van der Waals surface area contributed by atoms with Gasteiger partial charge in [0.15, 0.2) is 0 Å². The van der Waals surface area contributed by atoms with E-state index in [1.165, 1.54) is 16.0 Å². The number of hydrogen-bond donors (Lipinski definition) is 0. The fourth-order valence-corrected chi connectivity index (χ4v) is 3.05. The van der Waals surface area contributed by atoms with Crippen molar-refractivity contribution in [3.63, 3.8) is 0 Å². The van der Waals surface area contributed by atoms with Gasteiger partial charge in [0.2, 0.25) is 6.10 Å². The van der Waals surface area contributed by atoms with E-state index in [-0.39, 0.29) is 0 Å². The van der Waals surface area contributed by atoms with Crippen molar-refractivity contribution in [3.8, 4) is 10.4 Å². The van der Waals surface area contributed by atoms with Gasteiger partial charge in [0.25, 0.3) is 0 Å². The molecule has 0 amide bonds. The van der Waals surface area contributed by atoms with Crippen LogP contribution < -0.4 is 0 Å². The molecule has 24 heavy (non-hydrogen) atoms. The molecule has 5 heteroatoms. The van der Waals surface area contributed by atoms with E-state index in [1.807, 2.05) is 13.0 Å². The second-order valence-corrected chi connectivity index (χ2v) is 6.47. The molecule has 0 N–H and O–H groups in total. The molecule has 2 aromatic rings. The zero-order valence-electron chi connectivity index (χ0n) is 14.5. The summed E-state index contributed by atoms with van der Waals surface area (Å²) in [6.45, 7) is 7.74. The van der Waals surface area contributed by atoms with Crippen molar-refractivity contribution in [1.82, 2.24) is 0 Å². The average Bonchev–Trinajstić information content (AvgIpc) is 3.09. The third-order valence-corrected chi connectivity index (χ3v) is 4.82. The van der Waals surface area contributed by atoms with Crippen LogP contribution >= 0.6 is 11.3 Å². The van der Waals surface area contributed by atoms with Crippen LogP contribution in [0.5, 0.6) is 0 Å². The summed E-state index contributed by atoms with van der Waals surface area (Å²) in [4.78, 5) is 19.0. The quantitative estimate of drug-likeness (QED) is 0.416. The Morgan fingerprint density at radius 1 is 1.17 bits per heavy atom. The number of ether oxygens (including phenoxy) is 1. The summed E-state index contributed by atoms with van der Waals surface area (Å²) >= 11 is 1.65. The van der Waals surface area contributed by atoms with E-state index < -0.39 is 12.1 Å². The largest absolute Gasteiger partial charge is 0.463 e. The number of nitrogens with zero attached hydrogens (tertiary/aromatic N) is 1. The van der Waals surface area contributed by atoms with Crippen LogP contribution in [0.1, 0.15) is 38.1 Å². The minimum absolute atomic E-state index is 0.334. The lowest BCUT2D eigenvalue weighted by molar-refractivity contribution is -0.155. The van der Waals surface area contributed by atoms with Crippen LogP contribution in [0.15, 0.2) is 41.6 Å². The Morgan fingerprint density at radius 2 is 1.88 bits per heavy atom. The van der Waals surface area contributed by atoms with Crippen LogP contribution in [0.25, 0.3) is 10.4 Å². The number of carbonyl (C=O) groups excluding carboxylic acids is 1. The molecule has 1 atom stereocenters. The number of esters is 1. The van der Waals surface area contributed by atoms with E-state index >= 15 is 0 Å². The molecule has 1 aromatic carbocycles. The van der Waals surface area contributed by atoms with Crippen LogP contribution in [0.3, 0.4) is 0 Å². The van der Waals surface area contributed by atoms with E-state index in [4.69, 9.17) is 9.57 Å². The van der Waals surface area contributed by atoms with Gasteiger partial charge in [-0.05, 0) is 50.5 Å². The third-order valence-electron chi connectivity index (χ3n) is 3.58. The molecule has 0 aliphatic heterocycles. The predicted molar refractivity (Wildman–Crippen MR) is 98.5 cm³/mol. The van der Waals surface area contributed by atoms with Gasteiger partial charge in [-0.15, -0.1) is 11.3 Å². The topological polar surface area (TPSA) is 47.9 Å². The van der Waals surface area contributed by atoms with Crippen molar-refractivity contribution < 1.29 is 14.4 Å². The highest BCUT2D eigenvalue weighted by Gasteiger charge is 2.15. The maximum atomic E-state index is 11.5. The molecule has 1 unspecified atom stereocenters. The molecule has 0 fully saturated rings. The smallest absolute Gasteiger partial charge is 0.349 e. The fraction of sp³-hybridized carbons (Fsp3) is 0.368. The van der Waals surface area contributed by atoms with Crippen LogP contribution in [0.2, 0.25) is 0 Å². The van der Waals surface area contributed by atoms with Crippen molar-refractivity contribution in [2.45, 2.75) is 40.2 Å². The number of rotatable bonds is 7. The minimum atomic E-state index is -0.707. The summed E-state index contributed by atoms with van der Waals surface area (Å²) < 4.78 is 4.89. The molecule has 0 radical (unpaired) electrons. The van der Waals surface area contributed by atoms with Crippen molar-refractivity contribution in [1.29, 1.82) is 0 Å². The Bertz CT molecular complexity index is 704. The molecule has 1 heterocycles. The molecule has 128 valence electrons.